The molecule has 4 unspecified atom stereocenters. The van der Waals surface area contributed by atoms with Gasteiger partial charge in [-0.15, -0.1) is 0 Å². The first kappa shape index (κ1) is 7.53. The third kappa shape index (κ3) is 1.28. The van der Waals surface area contributed by atoms with Crippen molar-refractivity contribution in [2.45, 2.75) is 38.3 Å². The van der Waals surface area contributed by atoms with Crippen molar-refractivity contribution in [2.24, 2.45) is 0 Å². The zero-order chi connectivity index (χ0) is 7.84. The van der Waals surface area contributed by atoms with Crippen molar-refractivity contribution >= 4 is 0 Å². The van der Waals surface area contributed by atoms with Gasteiger partial charge in [-0.2, -0.15) is 0 Å². The van der Waals surface area contributed by atoms with E-state index >= 15 is 0 Å². The summed E-state index contributed by atoms with van der Waals surface area (Å²) in [5, 5.41) is 3.26. The van der Waals surface area contributed by atoms with Crippen LogP contribution in [-0.4, -0.2) is 37.5 Å². The minimum Gasteiger partial charge on any atom is -0.369 e. The topological polar surface area (TPSA) is 30.5 Å². The van der Waals surface area contributed by atoms with E-state index in [0.29, 0.717) is 12.2 Å². The molecule has 64 valence electrons. The van der Waals surface area contributed by atoms with E-state index in [1.54, 1.807) is 0 Å². The van der Waals surface area contributed by atoms with Gasteiger partial charge in [-0.1, -0.05) is 0 Å². The fraction of sp³-hybridized carbons (Fsp3) is 1.00. The number of fused-ring (bicyclic) bond motifs is 1. The van der Waals surface area contributed by atoms with Crippen molar-refractivity contribution in [1.29, 1.82) is 0 Å². The summed E-state index contributed by atoms with van der Waals surface area (Å²) in [6.07, 6.45) is 1.08. The molecule has 0 aromatic carbocycles. The van der Waals surface area contributed by atoms with Gasteiger partial charge in [0.2, 0.25) is 0 Å². The first-order valence-electron chi connectivity index (χ1n) is 4.29. The van der Waals surface area contributed by atoms with Crippen LogP contribution in [-0.2, 0) is 9.47 Å². The number of ether oxygens (including phenoxy) is 2. The van der Waals surface area contributed by atoms with Crippen LogP contribution in [0.1, 0.15) is 13.8 Å². The summed E-state index contributed by atoms with van der Waals surface area (Å²) < 4.78 is 11.5. The number of hydrogen-bond donors (Lipinski definition) is 1. The molecule has 0 amide bonds. The van der Waals surface area contributed by atoms with Crippen LogP contribution < -0.4 is 5.32 Å². The number of nitrogens with one attached hydrogen (secondary N) is 1. The minimum absolute atomic E-state index is 0.246. The fourth-order valence-corrected chi connectivity index (χ4v) is 1.67. The molecule has 1 N–H and O–H groups in total. The smallest absolute Gasteiger partial charge is 0.0978 e. The third-order valence-corrected chi connectivity index (χ3v) is 2.55. The van der Waals surface area contributed by atoms with Gasteiger partial charge >= 0.3 is 0 Å². The van der Waals surface area contributed by atoms with Gasteiger partial charge in [-0.05, 0) is 13.8 Å². The Labute approximate surface area is 67.1 Å². The molecule has 0 radical (unpaired) electrons. The Morgan fingerprint density at radius 1 is 1.00 bits per heavy atom. The van der Waals surface area contributed by atoms with E-state index in [0.717, 1.165) is 13.1 Å². The average molecular weight is 157 g/mol. The summed E-state index contributed by atoms with van der Waals surface area (Å²) in [4.78, 5) is 0. The maximum atomic E-state index is 5.73. The molecule has 3 nitrogen and oxygen atoms in total. The van der Waals surface area contributed by atoms with Crippen molar-refractivity contribution in [1.82, 2.24) is 5.32 Å². The second-order valence-corrected chi connectivity index (χ2v) is 3.42. The SMILES string of the molecule is CC1OC2CNCC2OC1C. The lowest BCUT2D eigenvalue weighted by Gasteiger charge is -2.35. The van der Waals surface area contributed by atoms with Gasteiger partial charge in [0.1, 0.15) is 0 Å². The molecule has 2 saturated heterocycles. The molecule has 2 heterocycles. The Morgan fingerprint density at radius 2 is 1.45 bits per heavy atom. The molecule has 0 aliphatic carbocycles. The van der Waals surface area contributed by atoms with Gasteiger partial charge in [-0.25, -0.2) is 0 Å². The van der Waals surface area contributed by atoms with Crippen molar-refractivity contribution in [3.05, 3.63) is 0 Å². The van der Waals surface area contributed by atoms with E-state index in [2.05, 4.69) is 19.2 Å². The standard InChI is InChI=1S/C8H15NO2/c1-5-6(2)11-8-4-9-3-7(8)10-5/h5-9H,3-4H2,1-2H3. The summed E-state index contributed by atoms with van der Waals surface area (Å²) in [6.45, 7) is 6.03. The zero-order valence-electron chi connectivity index (χ0n) is 7.04. The summed E-state index contributed by atoms with van der Waals surface area (Å²) in [5.41, 5.74) is 0. The monoisotopic (exact) mass is 157 g/mol. The third-order valence-electron chi connectivity index (χ3n) is 2.55. The molecule has 0 aromatic rings. The zero-order valence-corrected chi connectivity index (χ0v) is 7.04. The lowest BCUT2D eigenvalue weighted by Crippen LogP contribution is -2.46. The lowest BCUT2D eigenvalue weighted by molar-refractivity contribution is -0.190. The van der Waals surface area contributed by atoms with Gasteiger partial charge in [0.25, 0.3) is 0 Å². The molecule has 0 bridgehead atoms. The molecule has 0 spiro atoms. The number of hydrogen-bond acceptors (Lipinski definition) is 3. The highest BCUT2D eigenvalue weighted by atomic mass is 16.6. The van der Waals surface area contributed by atoms with E-state index in [1.807, 2.05) is 0 Å². The summed E-state index contributed by atoms with van der Waals surface area (Å²) >= 11 is 0. The van der Waals surface area contributed by atoms with Crippen molar-refractivity contribution in [3.8, 4) is 0 Å². The van der Waals surface area contributed by atoms with Crippen LogP contribution >= 0.6 is 0 Å². The summed E-state index contributed by atoms with van der Waals surface area (Å²) in [7, 11) is 0. The molecule has 2 rings (SSSR count). The maximum absolute atomic E-state index is 5.73. The van der Waals surface area contributed by atoms with Gasteiger partial charge in [0, 0.05) is 13.1 Å². The Hall–Kier alpha value is -0.120. The van der Waals surface area contributed by atoms with E-state index < -0.39 is 0 Å². The Morgan fingerprint density at radius 3 is 1.91 bits per heavy atom. The molecular weight excluding hydrogens is 142 g/mol. The highest BCUT2D eigenvalue weighted by Crippen LogP contribution is 2.21. The molecular formula is C8H15NO2. The van der Waals surface area contributed by atoms with Crippen LogP contribution in [0, 0.1) is 0 Å². The predicted molar refractivity (Wildman–Crippen MR) is 41.5 cm³/mol. The minimum atomic E-state index is 0.246. The highest BCUT2D eigenvalue weighted by molar-refractivity contribution is 4.88. The van der Waals surface area contributed by atoms with Crippen molar-refractivity contribution in [3.63, 3.8) is 0 Å². The molecule has 0 aromatic heterocycles. The molecule has 2 fully saturated rings. The van der Waals surface area contributed by atoms with Gasteiger partial charge < -0.3 is 14.8 Å². The molecule has 4 atom stereocenters. The largest absolute Gasteiger partial charge is 0.369 e. The summed E-state index contributed by atoms with van der Waals surface area (Å²) in [6, 6.07) is 0. The molecule has 2 aliphatic heterocycles. The lowest BCUT2D eigenvalue weighted by atomic mass is 10.1. The van der Waals surface area contributed by atoms with Crippen molar-refractivity contribution < 1.29 is 9.47 Å². The van der Waals surface area contributed by atoms with Gasteiger partial charge in [-0.3, -0.25) is 0 Å². The predicted octanol–water partition coefficient (Wildman–Crippen LogP) is 0.151. The molecule has 0 saturated carbocycles. The van der Waals surface area contributed by atoms with E-state index in [9.17, 15) is 0 Å². The number of rotatable bonds is 0. The van der Waals surface area contributed by atoms with Crippen LogP contribution in [0.3, 0.4) is 0 Å². The van der Waals surface area contributed by atoms with Crippen LogP contribution in [0.25, 0.3) is 0 Å². The highest BCUT2D eigenvalue weighted by Gasteiger charge is 2.37. The Kier molecular flexibility index (Phi) is 1.87. The summed E-state index contributed by atoms with van der Waals surface area (Å²) in [5.74, 6) is 0. The van der Waals surface area contributed by atoms with Crippen molar-refractivity contribution in [2.75, 3.05) is 13.1 Å². The van der Waals surface area contributed by atoms with Crippen LogP contribution in [0.4, 0.5) is 0 Å². The molecule has 11 heavy (non-hydrogen) atoms. The second-order valence-electron chi connectivity index (χ2n) is 3.42. The normalized spacial score (nSPS) is 50.7. The Balaban J connectivity index is 2.00. The average Bonchev–Trinajstić information content (AvgIpc) is 2.36. The van der Waals surface area contributed by atoms with Crippen LogP contribution in [0.2, 0.25) is 0 Å². The van der Waals surface area contributed by atoms with E-state index in [4.69, 9.17) is 9.47 Å². The fourth-order valence-electron chi connectivity index (χ4n) is 1.67. The van der Waals surface area contributed by atoms with E-state index in [1.165, 1.54) is 0 Å². The van der Waals surface area contributed by atoms with Crippen LogP contribution in [0.5, 0.6) is 0 Å². The first-order valence-corrected chi connectivity index (χ1v) is 4.29. The second kappa shape index (κ2) is 2.73. The van der Waals surface area contributed by atoms with Gasteiger partial charge in [0.15, 0.2) is 0 Å². The van der Waals surface area contributed by atoms with Crippen LogP contribution in [0.15, 0.2) is 0 Å². The Bertz CT molecular complexity index is 135. The quantitative estimate of drug-likeness (QED) is 0.543. The maximum Gasteiger partial charge on any atom is 0.0978 e. The van der Waals surface area contributed by atoms with E-state index in [-0.39, 0.29) is 12.2 Å². The first-order chi connectivity index (χ1) is 5.27. The molecule has 2 aliphatic rings. The molecule has 3 heteroatoms. The van der Waals surface area contributed by atoms with Gasteiger partial charge in [0.05, 0.1) is 24.4 Å².